The van der Waals surface area contributed by atoms with Gasteiger partial charge in [0.05, 0.1) is 36.0 Å². The van der Waals surface area contributed by atoms with Gasteiger partial charge >= 0.3 is 5.97 Å². The number of pyridine rings is 1. The second kappa shape index (κ2) is 21.8. The Labute approximate surface area is 453 Å². The van der Waals surface area contributed by atoms with Crippen LogP contribution in [-0.2, 0) is 52.8 Å². The van der Waals surface area contributed by atoms with E-state index in [1.165, 1.54) is 9.91 Å². The highest BCUT2D eigenvalue weighted by Gasteiger charge is 2.57. The quantitative estimate of drug-likeness (QED) is 0.111. The summed E-state index contributed by atoms with van der Waals surface area (Å²) in [6.45, 7) is 17.4. The van der Waals surface area contributed by atoms with Gasteiger partial charge in [0.25, 0.3) is 11.8 Å². The summed E-state index contributed by atoms with van der Waals surface area (Å²) in [5, 5.41) is 17.2. The number of hydrogen-bond donors (Lipinski definition) is 3. The Morgan fingerprint density at radius 3 is 2.42 bits per heavy atom. The number of esters is 1. The van der Waals surface area contributed by atoms with Crippen molar-refractivity contribution in [2.24, 2.45) is 16.7 Å². The lowest BCUT2D eigenvalue weighted by Crippen LogP contribution is -2.64. The molecule has 3 saturated heterocycles. The Balaban J connectivity index is 1.06. The number of nitrogens with one attached hydrogen (secondary N) is 2. The lowest BCUT2D eigenvalue weighted by molar-refractivity contribution is -0.159. The third-order valence-electron chi connectivity index (χ3n) is 17.2. The number of cyclic esters (lactones) is 1. The zero-order valence-corrected chi connectivity index (χ0v) is 46.4. The van der Waals surface area contributed by atoms with Gasteiger partial charge in [-0.15, -0.1) is 0 Å². The first kappa shape index (κ1) is 54.0. The number of hydrogen-bond acceptors (Lipinski definition) is 12. The first-order valence-corrected chi connectivity index (χ1v) is 27.8. The predicted molar refractivity (Wildman–Crippen MR) is 297 cm³/mol. The number of phenols is 1. The number of ether oxygens (including phenoxy) is 3. The largest absolute Gasteiger partial charge is 0.508 e. The highest BCUT2D eigenvalue weighted by atomic mass is 16.5. The summed E-state index contributed by atoms with van der Waals surface area (Å²) in [4.78, 5) is 70.5. The van der Waals surface area contributed by atoms with Crippen LogP contribution >= 0.6 is 0 Å². The number of benzene rings is 3. The van der Waals surface area contributed by atoms with Crippen LogP contribution in [0.3, 0.4) is 0 Å². The molecule has 410 valence electrons. The molecule has 3 aromatic carbocycles. The van der Waals surface area contributed by atoms with Crippen molar-refractivity contribution in [1.29, 1.82) is 0 Å². The van der Waals surface area contributed by atoms with Crippen LogP contribution in [0.15, 0.2) is 79.0 Å². The van der Waals surface area contributed by atoms with Gasteiger partial charge in [0.1, 0.15) is 30.0 Å². The van der Waals surface area contributed by atoms with Crippen molar-refractivity contribution >= 4 is 40.3 Å². The van der Waals surface area contributed by atoms with Crippen LogP contribution in [0.25, 0.3) is 33.3 Å². The first-order valence-electron chi connectivity index (χ1n) is 27.8. The first-order chi connectivity index (χ1) is 36.9. The fraction of sp³-hybridized carbons (Fsp3) is 0.525. The van der Waals surface area contributed by atoms with Gasteiger partial charge in [-0.1, -0.05) is 70.2 Å². The number of fused-ring (bicyclic) bond motifs is 7. The molecule has 6 atom stereocenters. The Kier molecular flexibility index (Phi) is 15.3. The van der Waals surface area contributed by atoms with Gasteiger partial charge < -0.3 is 43.9 Å². The molecule has 16 nitrogen and oxygen atoms in total. The van der Waals surface area contributed by atoms with Crippen LogP contribution in [0.4, 0.5) is 5.69 Å². The number of rotatable bonds is 11. The van der Waals surface area contributed by atoms with Crippen molar-refractivity contribution in [3.63, 3.8) is 0 Å². The maximum atomic E-state index is 15.2. The van der Waals surface area contributed by atoms with Crippen molar-refractivity contribution in [2.75, 3.05) is 72.0 Å². The number of phenolic OH excluding ortho intramolecular Hbond substituents is 1. The van der Waals surface area contributed by atoms with Gasteiger partial charge in [-0.2, -0.15) is 0 Å². The van der Waals surface area contributed by atoms with Crippen molar-refractivity contribution in [1.82, 2.24) is 35.1 Å². The number of aryl methyl sites for hydroxylation is 1. The summed E-state index contributed by atoms with van der Waals surface area (Å²) >= 11 is 0. The summed E-state index contributed by atoms with van der Waals surface area (Å²) in [5.41, 5.74) is 11.6. The van der Waals surface area contributed by atoms with E-state index in [0.29, 0.717) is 44.5 Å². The second-order valence-corrected chi connectivity index (χ2v) is 23.6. The molecule has 3 N–H and O–H groups in total. The molecule has 77 heavy (non-hydrogen) atoms. The van der Waals surface area contributed by atoms with Crippen LogP contribution in [0, 0.1) is 16.7 Å². The molecule has 4 aliphatic heterocycles. The van der Waals surface area contributed by atoms with Gasteiger partial charge in [-0.05, 0) is 122 Å². The number of aromatic nitrogens is 2. The maximum absolute atomic E-state index is 15.2. The minimum atomic E-state index is -1.16. The molecule has 5 aliphatic rings. The molecule has 6 unspecified atom stereocenters. The molecule has 1 spiro atoms. The molecule has 4 fully saturated rings. The zero-order chi connectivity index (χ0) is 54.5. The van der Waals surface area contributed by atoms with E-state index >= 15 is 4.79 Å². The standard InChI is InChI=1S/C61H78N8O8/c1-10-68-50-17-16-41-32-46(50)48(53(68)47-33-43(35-62-51(47)38(4)75-9)67-25-23-65(7)24-26-67)34-60(5,6)36-77-59(74)55-61(19-20-61)21-22-69(64-55)57(72)49(30-39-28-42(41)31-44(70)29-39)63-56(71)52(37(2)3)66(8)58(73)54-45(18-27-76-54)40-14-12-11-13-15-40/h11-17,28-29,31-33,35,37-38,45,49,52,54-55,64,70H,10,18-27,30,34,36H2,1-9H3,(H,63,71). The van der Waals surface area contributed by atoms with E-state index in [9.17, 15) is 19.5 Å². The number of carbonyl (C=O) groups is 4. The third-order valence-corrected chi connectivity index (χ3v) is 17.2. The van der Waals surface area contributed by atoms with Crippen molar-refractivity contribution < 1.29 is 38.5 Å². The van der Waals surface area contributed by atoms with Crippen molar-refractivity contribution in [2.45, 2.75) is 123 Å². The third kappa shape index (κ3) is 10.8. The number of amides is 3. The highest BCUT2D eigenvalue weighted by Crippen LogP contribution is 2.54. The van der Waals surface area contributed by atoms with Gasteiger partial charge in [0, 0.05) is 94.3 Å². The number of piperazine rings is 1. The summed E-state index contributed by atoms with van der Waals surface area (Å²) in [5.74, 6) is -2.18. The topological polar surface area (TPSA) is 171 Å². The number of hydrazine groups is 1. The van der Waals surface area contributed by atoms with Crippen LogP contribution in [0.1, 0.15) is 102 Å². The molecule has 5 aromatic rings. The molecule has 0 radical (unpaired) electrons. The summed E-state index contributed by atoms with van der Waals surface area (Å²) in [6.07, 6.45) is 4.31. The average Bonchev–Trinajstić information content (AvgIpc) is 3.91. The zero-order valence-electron chi connectivity index (χ0n) is 46.4. The normalized spacial score (nSPS) is 23.4. The predicted octanol–water partition coefficient (Wildman–Crippen LogP) is 7.65. The molecule has 6 bridgehead atoms. The van der Waals surface area contributed by atoms with Crippen LogP contribution < -0.4 is 15.6 Å². The van der Waals surface area contributed by atoms with Crippen LogP contribution in [0.5, 0.6) is 5.75 Å². The molecule has 10 rings (SSSR count). The number of likely N-dealkylation sites (N-methyl/N-ethyl adjacent to an activating group) is 2. The highest BCUT2D eigenvalue weighted by molar-refractivity contribution is 5.96. The lowest BCUT2D eigenvalue weighted by atomic mass is 9.83. The minimum absolute atomic E-state index is 0.00382. The van der Waals surface area contributed by atoms with Gasteiger partial charge in [-0.25, -0.2) is 5.43 Å². The van der Waals surface area contributed by atoms with E-state index in [1.54, 1.807) is 26.3 Å². The number of nitrogens with zero attached hydrogens (tertiary/aromatic N) is 6. The van der Waals surface area contributed by atoms with E-state index < -0.39 is 47.4 Å². The van der Waals surface area contributed by atoms with E-state index in [-0.39, 0.29) is 48.0 Å². The molecule has 6 heterocycles. The van der Waals surface area contributed by atoms with Gasteiger partial charge in [0.15, 0.2) is 0 Å². The average molecular weight is 1050 g/mol. The minimum Gasteiger partial charge on any atom is -0.508 e. The summed E-state index contributed by atoms with van der Waals surface area (Å²) in [7, 11) is 5.49. The molecular weight excluding hydrogens is 973 g/mol. The van der Waals surface area contributed by atoms with E-state index in [4.69, 9.17) is 19.2 Å². The number of aromatic hydroxyl groups is 1. The molecular formula is C61H78N8O8. The van der Waals surface area contributed by atoms with Crippen LogP contribution in [-0.4, -0.2) is 145 Å². The fourth-order valence-corrected chi connectivity index (χ4v) is 12.6. The Bertz CT molecular complexity index is 3020. The van der Waals surface area contributed by atoms with Crippen molar-refractivity contribution in [3.05, 3.63) is 101 Å². The smallest absolute Gasteiger partial charge is 0.325 e. The summed E-state index contributed by atoms with van der Waals surface area (Å²) in [6, 6.07) is 20.9. The van der Waals surface area contributed by atoms with E-state index in [2.05, 4.69) is 77.2 Å². The number of anilines is 1. The molecule has 1 aliphatic carbocycles. The molecule has 16 heteroatoms. The number of methoxy groups -OCH3 is 1. The van der Waals surface area contributed by atoms with E-state index in [1.807, 2.05) is 63.4 Å². The fourth-order valence-electron chi connectivity index (χ4n) is 12.6. The molecule has 2 aromatic heterocycles. The number of carbonyl (C=O) groups excluding carboxylic acids is 4. The van der Waals surface area contributed by atoms with Crippen molar-refractivity contribution in [3.8, 4) is 28.1 Å². The SMILES string of the molecule is CCn1c(-c2cc(N3CCN(C)CC3)cnc2C(C)OC)c2c3cc(ccc31)-c1cc(O)cc(c1)CC(NC(=O)C(C(C)C)N(C)C(=O)C1OCCC1c1ccccc1)C(=O)N1CCC3(CC3)C(N1)C(=O)OCC(C)(C)C2. The van der Waals surface area contributed by atoms with E-state index in [0.717, 1.165) is 94.8 Å². The monoisotopic (exact) mass is 1050 g/mol. The van der Waals surface area contributed by atoms with Gasteiger partial charge in [-0.3, -0.25) is 29.2 Å². The molecule has 3 amide bonds. The Morgan fingerprint density at radius 2 is 1.71 bits per heavy atom. The lowest BCUT2D eigenvalue weighted by Gasteiger charge is -2.40. The van der Waals surface area contributed by atoms with Gasteiger partial charge in [0.2, 0.25) is 5.91 Å². The van der Waals surface area contributed by atoms with Crippen LogP contribution in [0.2, 0.25) is 0 Å². The Morgan fingerprint density at radius 1 is 0.961 bits per heavy atom. The second-order valence-electron chi connectivity index (χ2n) is 23.6. The summed E-state index contributed by atoms with van der Waals surface area (Å²) < 4.78 is 20.9. The Hall–Kier alpha value is -6.33. The maximum Gasteiger partial charge on any atom is 0.325 e. The molecule has 1 saturated carbocycles.